The van der Waals surface area contributed by atoms with Crippen molar-refractivity contribution in [3.8, 4) is 0 Å². The summed E-state index contributed by atoms with van der Waals surface area (Å²) in [5, 5.41) is 0. The van der Waals surface area contributed by atoms with Gasteiger partial charge < -0.3 is 11.8 Å². The fourth-order valence-corrected chi connectivity index (χ4v) is 1.32. The van der Waals surface area contributed by atoms with Gasteiger partial charge in [0.05, 0.1) is 0 Å². The Morgan fingerprint density at radius 2 is 1.92 bits per heavy atom. The van der Waals surface area contributed by atoms with Gasteiger partial charge in [-0.3, -0.25) is 15.8 Å². The van der Waals surface area contributed by atoms with Crippen LogP contribution in [0.2, 0.25) is 0 Å². The molecule has 4 heteroatoms. The average molecular weight is 256 g/mol. The minimum absolute atomic E-state index is 0. The molecule has 1 radical (unpaired) electrons. The van der Waals surface area contributed by atoms with Gasteiger partial charge >= 0.3 is 0 Å². The summed E-state index contributed by atoms with van der Waals surface area (Å²) in [6.45, 7) is 1.78. The molecule has 12 heavy (non-hydrogen) atoms. The molecule has 61 valence electrons. The number of carbonyl (C=O) groups excluding carboxylic acids is 2. The Hall–Kier alpha value is 0.274. The number of carbonyl (C=O) groups is 2. The zero-order valence-corrected chi connectivity index (χ0v) is 10.3. The maximum Gasteiger partial charge on any atom is 0.236 e. The minimum Gasteiger partial charge on any atom is -0.315 e. The van der Waals surface area contributed by atoms with E-state index in [1.807, 2.05) is 0 Å². The molecule has 0 aromatic rings. The van der Waals surface area contributed by atoms with E-state index in [2.05, 4.69) is 6.26 Å². The third-order valence-corrected chi connectivity index (χ3v) is 1.93. The van der Waals surface area contributed by atoms with Gasteiger partial charge in [-0.15, -0.1) is 0 Å². The molecule has 0 amide bonds. The molecular formula is C8H7O2SY-. The topological polar surface area (TPSA) is 34.1 Å². The Morgan fingerprint density at radius 3 is 2.42 bits per heavy atom. The molecule has 1 aliphatic rings. The third kappa shape index (κ3) is 2.65. The van der Waals surface area contributed by atoms with Gasteiger partial charge in [-0.05, 0) is 24.6 Å². The molecule has 0 saturated carbocycles. The van der Waals surface area contributed by atoms with Gasteiger partial charge in [-0.1, -0.05) is 0 Å². The first-order valence-electron chi connectivity index (χ1n) is 3.06. The van der Waals surface area contributed by atoms with Crippen LogP contribution in [0.5, 0.6) is 0 Å². The van der Waals surface area contributed by atoms with Crippen molar-refractivity contribution in [2.75, 3.05) is 0 Å². The van der Waals surface area contributed by atoms with E-state index in [1.165, 1.54) is 6.08 Å². The maximum absolute atomic E-state index is 11.0. The van der Waals surface area contributed by atoms with Gasteiger partial charge in [-0.25, -0.2) is 0 Å². The van der Waals surface area contributed by atoms with Gasteiger partial charge in [0.2, 0.25) is 11.6 Å². The van der Waals surface area contributed by atoms with Crippen LogP contribution in [0.4, 0.5) is 0 Å². The molecule has 0 spiro atoms. The van der Waals surface area contributed by atoms with E-state index in [0.717, 1.165) is 17.3 Å². The summed E-state index contributed by atoms with van der Waals surface area (Å²) in [4.78, 5) is 22.3. The van der Waals surface area contributed by atoms with Crippen molar-refractivity contribution in [3.05, 3.63) is 28.9 Å². The number of hydrogen-bond acceptors (Lipinski definition) is 3. The quantitative estimate of drug-likeness (QED) is 0.405. The summed E-state index contributed by atoms with van der Waals surface area (Å²) in [5.41, 5.74) is 0.806. The normalized spacial score (nSPS) is 16.5. The second-order valence-electron chi connectivity index (χ2n) is 2.23. The fourth-order valence-electron chi connectivity index (χ4n) is 0.815. The summed E-state index contributed by atoms with van der Waals surface area (Å²) < 4.78 is 0. The van der Waals surface area contributed by atoms with Gasteiger partial charge in [0.25, 0.3) is 0 Å². The fraction of sp³-hybridized carbons (Fsp3) is 0.125. The number of ketones is 2. The predicted molar refractivity (Wildman–Crippen MR) is 44.8 cm³/mol. The van der Waals surface area contributed by atoms with Crippen molar-refractivity contribution in [1.29, 1.82) is 0 Å². The number of Topliss-reactive ketones (excluding diaryl/α,β-unsaturated/α-hetero) is 1. The van der Waals surface area contributed by atoms with Crippen molar-refractivity contribution in [3.63, 3.8) is 0 Å². The third-order valence-electron chi connectivity index (χ3n) is 1.32. The molecule has 0 aliphatic heterocycles. The first kappa shape index (κ1) is 12.3. The largest absolute Gasteiger partial charge is 0.315 e. The van der Waals surface area contributed by atoms with E-state index < -0.39 is 11.6 Å². The first-order valence-corrected chi connectivity index (χ1v) is 4.04. The van der Waals surface area contributed by atoms with E-state index in [9.17, 15) is 9.59 Å². The smallest absolute Gasteiger partial charge is 0.236 e. The zero-order chi connectivity index (χ0) is 8.43. The molecule has 0 heterocycles. The predicted octanol–water partition coefficient (Wildman–Crippen LogP) is 1.49. The van der Waals surface area contributed by atoms with Gasteiger partial charge in [0.15, 0.2) is 0 Å². The number of rotatable bonds is 1. The van der Waals surface area contributed by atoms with E-state index in [1.54, 1.807) is 13.0 Å². The summed E-state index contributed by atoms with van der Waals surface area (Å²) in [6, 6.07) is 0. The average Bonchev–Trinajstić information content (AvgIpc) is 1.96. The zero-order valence-electron chi connectivity index (χ0n) is 6.66. The SMILES string of the molecule is [CH2-]SC1=CC(C)=CC(=O)C1=O.[Y]. The van der Waals surface area contributed by atoms with E-state index >= 15 is 0 Å². The van der Waals surface area contributed by atoms with E-state index in [0.29, 0.717) is 4.91 Å². The molecule has 1 aliphatic carbocycles. The number of allylic oxidation sites excluding steroid dienone is 4. The van der Waals surface area contributed by atoms with Crippen LogP contribution in [0.25, 0.3) is 0 Å². The maximum atomic E-state index is 11.0. The summed E-state index contributed by atoms with van der Waals surface area (Å²) >= 11 is 1.06. The standard InChI is InChI=1S/C8H7O2S.Y/c1-5-3-6(9)8(10)7(4-5)11-2;/h3-4H,2H2,1H3;/q-1;. The van der Waals surface area contributed by atoms with Crippen molar-refractivity contribution in [2.45, 2.75) is 6.92 Å². The number of hydrogen-bond donors (Lipinski definition) is 0. The van der Waals surface area contributed by atoms with Crippen molar-refractivity contribution in [1.82, 2.24) is 0 Å². The van der Waals surface area contributed by atoms with Gasteiger partial charge in [-0.2, -0.15) is 0 Å². The Bertz CT molecular complexity index is 279. The molecule has 0 aromatic carbocycles. The summed E-state index contributed by atoms with van der Waals surface area (Å²) in [7, 11) is 0. The van der Waals surface area contributed by atoms with Crippen LogP contribution in [-0.2, 0) is 42.3 Å². The van der Waals surface area contributed by atoms with Crippen LogP contribution < -0.4 is 0 Å². The summed E-state index contributed by atoms with van der Waals surface area (Å²) in [6.07, 6.45) is 6.48. The molecule has 0 N–H and O–H groups in total. The van der Waals surface area contributed by atoms with E-state index in [-0.39, 0.29) is 32.7 Å². The molecule has 0 fully saturated rings. The number of thioether (sulfide) groups is 1. The van der Waals surface area contributed by atoms with Crippen LogP contribution in [0, 0.1) is 6.26 Å². The second-order valence-corrected chi connectivity index (χ2v) is 2.96. The molecular weight excluding hydrogens is 249 g/mol. The first-order chi connectivity index (χ1) is 5.15. The molecule has 2 nitrogen and oxygen atoms in total. The summed E-state index contributed by atoms with van der Waals surface area (Å²) in [5.74, 6) is -0.897. The molecule has 0 bridgehead atoms. The molecule has 0 aromatic heterocycles. The van der Waals surface area contributed by atoms with Crippen LogP contribution in [0.1, 0.15) is 6.92 Å². The Morgan fingerprint density at radius 1 is 1.33 bits per heavy atom. The van der Waals surface area contributed by atoms with Crippen molar-refractivity contribution >= 4 is 23.3 Å². The van der Waals surface area contributed by atoms with Crippen LogP contribution in [0.15, 0.2) is 22.6 Å². The van der Waals surface area contributed by atoms with Crippen molar-refractivity contribution in [2.24, 2.45) is 0 Å². The van der Waals surface area contributed by atoms with Crippen molar-refractivity contribution < 1.29 is 42.3 Å². The second kappa shape index (κ2) is 5.10. The van der Waals surface area contributed by atoms with Crippen LogP contribution in [0.3, 0.4) is 0 Å². The van der Waals surface area contributed by atoms with Gasteiger partial charge in [0.1, 0.15) is 0 Å². The Balaban J connectivity index is 0.00000121. The van der Waals surface area contributed by atoms with Gasteiger partial charge in [0, 0.05) is 37.6 Å². The molecule has 0 unspecified atom stereocenters. The molecule has 1 rings (SSSR count). The molecule has 0 saturated heterocycles. The minimum atomic E-state index is -0.449. The van der Waals surface area contributed by atoms with E-state index in [4.69, 9.17) is 0 Å². The Labute approximate surface area is 101 Å². The molecule has 0 atom stereocenters. The van der Waals surface area contributed by atoms with Crippen LogP contribution >= 0.6 is 11.8 Å². The van der Waals surface area contributed by atoms with Crippen LogP contribution in [-0.4, -0.2) is 11.6 Å². The monoisotopic (exact) mass is 256 g/mol. The Kier molecular flexibility index (Phi) is 5.22.